The number of ether oxygens (including phenoxy) is 3. The Kier molecular flexibility index (Phi) is 4.66. The van der Waals surface area contributed by atoms with Crippen molar-refractivity contribution in [2.45, 2.75) is 25.9 Å². The largest absolute Gasteiger partial charge is 0.493 e. The molecule has 1 saturated heterocycles. The van der Waals surface area contributed by atoms with Gasteiger partial charge < -0.3 is 19.5 Å². The van der Waals surface area contributed by atoms with E-state index in [9.17, 15) is 0 Å². The van der Waals surface area contributed by atoms with Gasteiger partial charge in [-0.1, -0.05) is 19.9 Å². The SMILES string of the molecule is COc1ccc(C(C)C)c(C2CNCCO2)c1OC. The molecule has 0 aliphatic carbocycles. The van der Waals surface area contributed by atoms with Crippen LogP contribution in [-0.2, 0) is 4.74 Å². The molecule has 1 aromatic rings. The molecule has 19 heavy (non-hydrogen) atoms. The van der Waals surface area contributed by atoms with Crippen LogP contribution < -0.4 is 14.8 Å². The highest BCUT2D eigenvalue weighted by Crippen LogP contribution is 2.41. The van der Waals surface area contributed by atoms with E-state index in [1.165, 1.54) is 5.56 Å². The van der Waals surface area contributed by atoms with Crippen LogP contribution in [0.1, 0.15) is 37.0 Å². The predicted molar refractivity (Wildman–Crippen MR) is 75.2 cm³/mol. The van der Waals surface area contributed by atoms with Gasteiger partial charge in [-0.05, 0) is 17.5 Å². The second kappa shape index (κ2) is 6.26. The van der Waals surface area contributed by atoms with Gasteiger partial charge in [-0.25, -0.2) is 0 Å². The van der Waals surface area contributed by atoms with Gasteiger partial charge in [0, 0.05) is 18.7 Å². The fraction of sp³-hybridized carbons (Fsp3) is 0.600. The van der Waals surface area contributed by atoms with E-state index in [0.29, 0.717) is 5.92 Å². The van der Waals surface area contributed by atoms with Crippen LogP contribution in [0, 0.1) is 0 Å². The summed E-state index contributed by atoms with van der Waals surface area (Å²) >= 11 is 0. The second-order valence-electron chi connectivity index (χ2n) is 5.02. The van der Waals surface area contributed by atoms with Crippen LogP contribution in [0.5, 0.6) is 11.5 Å². The maximum absolute atomic E-state index is 5.90. The summed E-state index contributed by atoms with van der Waals surface area (Å²) in [6.45, 7) is 6.80. The quantitative estimate of drug-likeness (QED) is 0.908. The summed E-state index contributed by atoms with van der Waals surface area (Å²) in [6, 6.07) is 4.08. The molecule has 0 saturated carbocycles. The van der Waals surface area contributed by atoms with E-state index in [1.807, 2.05) is 6.07 Å². The first-order valence-corrected chi connectivity index (χ1v) is 6.76. The summed E-state index contributed by atoms with van der Waals surface area (Å²) in [5.74, 6) is 1.97. The van der Waals surface area contributed by atoms with Crippen LogP contribution in [0.25, 0.3) is 0 Å². The zero-order valence-corrected chi connectivity index (χ0v) is 12.2. The van der Waals surface area contributed by atoms with Crippen molar-refractivity contribution in [3.8, 4) is 11.5 Å². The van der Waals surface area contributed by atoms with E-state index in [2.05, 4.69) is 25.2 Å². The molecule has 106 valence electrons. The molecule has 0 bridgehead atoms. The molecule has 1 unspecified atom stereocenters. The van der Waals surface area contributed by atoms with E-state index in [1.54, 1.807) is 14.2 Å². The average molecular weight is 265 g/mol. The minimum absolute atomic E-state index is 0.0243. The van der Waals surface area contributed by atoms with Crippen molar-refractivity contribution < 1.29 is 14.2 Å². The van der Waals surface area contributed by atoms with Crippen molar-refractivity contribution in [3.05, 3.63) is 23.3 Å². The van der Waals surface area contributed by atoms with Gasteiger partial charge >= 0.3 is 0 Å². The Hall–Kier alpha value is -1.26. The van der Waals surface area contributed by atoms with Crippen molar-refractivity contribution in [1.29, 1.82) is 0 Å². The molecule has 1 N–H and O–H groups in total. The van der Waals surface area contributed by atoms with E-state index in [4.69, 9.17) is 14.2 Å². The monoisotopic (exact) mass is 265 g/mol. The summed E-state index contributed by atoms with van der Waals surface area (Å²) in [4.78, 5) is 0. The fourth-order valence-electron chi connectivity index (χ4n) is 2.55. The van der Waals surface area contributed by atoms with Crippen LogP contribution >= 0.6 is 0 Å². The number of nitrogens with one attached hydrogen (secondary N) is 1. The fourth-order valence-corrected chi connectivity index (χ4v) is 2.55. The Bertz CT molecular complexity index is 426. The lowest BCUT2D eigenvalue weighted by Crippen LogP contribution is -2.34. The van der Waals surface area contributed by atoms with Crippen LogP contribution in [0.4, 0.5) is 0 Å². The van der Waals surface area contributed by atoms with E-state index >= 15 is 0 Å². The lowest BCUT2D eigenvalue weighted by Gasteiger charge is -2.29. The maximum atomic E-state index is 5.90. The molecular weight excluding hydrogens is 242 g/mol. The Labute approximate surface area is 115 Å². The van der Waals surface area contributed by atoms with E-state index in [0.717, 1.165) is 36.8 Å². The predicted octanol–water partition coefficient (Wildman–Crippen LogP) is 2.49. The van der Waals surface area contributed by atoms with Crippen LogP contribution in [0.2, 0.25) is 0 Å². The molecule has 4 nitrogen and oxygen atoms in total. The summed E-state index contributed by atoms with van der Waals surface area (Å²) in [5, 5.41) is 3.37. The number of hydrogen-bond donors (Lipinski definition) is 1. The van der Waals surface area contributed by atoms with Gasteiger partial charge in [-0.15, -0.1) is 0 Å². The van der Waals surface area contributed by atoms with E-state index < -0.39 is 0 Å². The molecule has 0 spiro atoms. The summed E-state index contributed by atoms with van der Waals surface area (Å²) in [7, 11) is 3.35. The first-order chi connectivity index (χ1) is 9.19. The number of methoxy groups -OCH3 is 2. The molecule has 2 rings (SSSR count). The molecule has 0 aromatic heterocycles. The standard InChI is InChI=1S/C15H23NO3/c1-10(2)11-5-6-12(17-3)15(18-4)14(11)13-9-16-7-8-19-13/h5-6,10,13,16H,7-9H2,1-4H3. The summed E-state index contributed by atoms with van der Waals surface area (Å²) < 4.78 is 16.9. The van der Waals surface area contributed by atoms with Gasteiger partial charge in [0.1, 0.15) is 0 Å². The second-order valence-corrected chi connectivity index (χ2v) is 5.02. The van der Waals surface area contributed by atoms with Crippen LogP contribution in [0.3, 0.4) is 0 Å². The molecule has 1 heterocycles. The zero-order valence-electron chi connectivity index (χ0n) is 12.2. The Balaban J connectivity index is 2.51. The molecule has 1 fully saturated rings. The molecule has 1 aliphatic heterocycles. The molecule has 0 radical (unpaired) electrons. The third-order valence-electron chi connectivity index (χ3n) is 3.49. The first kappa shape index (κ1) is 14.2. The third-order valence-corrected chi connectivity index (χ3v) is 3.49. The third kappa shape index (κ3) is 2.85. The molecule has 0 amide bonds. The highest BCUT2D eigenvalue weighted by molar-refractivity contribution is 5.53. The maximum Gasteiger partial charge on any atom is 0.166 e. The first-order valence-electron chi connectivity index (χ1n) is 6.76. The number of hydrogen-bond acceptors (Lipinski definition) is 4. The number of rotatable bonds is 4. The zero-order chi connectivity index (χ0) is 13.8. The van der Waals surface area contributed by atoms with Crippen molar-refractivity contribution in [2.75, 3.05) is 33.9 Å². The van der Waals surface area contributed by atoms with Crippen molar-refractivity contribution in [3.63, 3.8) is 0 Å². The van der Waals surface area contributed by atoms with Gasteiger partial charge in [0.2, 0.25) is 0 Å². The van der Waals surface area contributed by atoms with Crippen molar-refractivity contribution in [1.82, 2.24) is 5.32 Å². The highest BCUT2D eigenvalue weighted by atomic mass is 16.5. The lowest BCUT2D eigenvalue weighted by atomic mass is 9.92. The van der Waals surface area contributed by atoms with Crippen molar-refractivity contribution in [2.24, 2.45) is 0 Å². The minimum Gasteiger partial charge on any atom is -0.493 e. The van der Waals surface area contributed by atoms with Gasteiger partial charge in [0.05, 0.1) is 26.9 Å². The van der Waals surface area contributed by atoms with Crippen molar-refractivity contribution >= 4 is 0 Å². The van der Waals surface area contributed by atoms with Crippen LogP contribution in [0.15, 0.2) is 12.1 Å². The normalized spacial score (nSPS) is 19.5. The topological polar surface area (TPSA) is 39.7 Å². The molecule has 4 heteroatoms. The van der Waals surface area contributed by atoms with Gasteiger partial charge in [-0.2, -0.15) is 0 Å². The molecule has 1 atom stereocenters. The Morgan fingerprint density at radius 1 is 1.26 bits per heavy atom. The molecule has 1 aromatic carbocycles. The summed E-state index contributed by atoms with van der Waals surface area (Å²) in [6.07, 6.45) is 0.0243. The molecular formula is C15H23NO3. The van der Waals surface area contributed by atoms with Gasteiger partial charge in [0.25, 0.3) is 0 Å². The molecule has 1 aliphatic rings. The highest BCUT2D eigenvalue weighted by Gasteiger charge is 2.26. The average Bonchev–Trinajstić information content (AvgIpc) is 2.46. The number of benzene rings is 1. The summed E-state index contributed by atoms with van der Waals surface area (Å²) in [5.41, 5.74) is 2.37. The van der Waals surface area contributed by atoms with E-state index in [-0.39, 0.29) is 6.10 Å². The van der Waals surface area contributed by atoms with Gasteiger partial charge in [-0.3, -0.25) is 0 Å². The minimum atomic E-state index is 0.0243. The number of morpholine rings is 1. The lowest BCUT2D eigenvalue weighted by molar-refractivity contribution is 0.0253. The van der Waals surface area contributed by atoms with Crippen LogP contribution in [-0.4, -0.2) is 33.9 Å². The smallest absolute Gasteiger partial charge is 0.166 e. The van der Waals surface area contributed by atoms with Gasteiger partial charge in [0.15, 0.2) is 11.5 Å². The Morgan fingerprint density at radius 3 is 2.58 bits per heavy atom. The Morgan fingerprint density at radius 2 is 2.05 bits per heavy atom.